The lowest BCUT2D eigenvalue weighted by Gasteiger charge is -2.21. The number of benzene rings is 1. The van der Waals surface area contributed by atoms with E-state index in [2.05, 4.69) is 15.2 Å². The molecule has 0 aliphatic carbocycles. The summed E-state index contributed by atoms with van der Waals surface area (Å²) in [5.74, 6) is 0.551. The van der Waals surface area contributed by atoms with Crippen LogP contribution in [0.15, 0.2) is 29.3 Å². The minimum atomic E-state index is -0.248. The first-order valence-electron chi connectivity index (χ1n) is 8.81. The number of guanidine groups is 1. The lowest BCUT2D eigenvalue weighted by atomic mass is 10.1. The van der Waals surface area contributed by atoms with Crippen molar-refractivity contribution >= 4 is 11.9 Å². The first kappa shape index (κ1) is 18.3. The Hall–Kier alpha value is -2.04. The van der Waals surface area contributed by atoms with Crippen molar-refractivity contribution < 1.29 is 4.79 Å². The molecule has 0 radical (unpaired) electrons. The number of likely N-dealkylation sites (tertiary alicyclic amines) is 1. The lowest BCUT2D eigenvalue weighted by molar-refractivity contribution is 0.0919. The molecule has 1 amide bonds. The molecule has 1 heterocycles. The van der Waals surface area contributed by atoms with Crippen LogP contribution in [-0.4, -0.2) is 35.4 Å². The molecule has 0 aromatic heterocycles. The standard InChI is InChI=1S/C19H30N4O/c1-19(2,3)22-17(24)16-10-8-9-15(13-16)14-21-18(20)23-11-6-4-5-7-12-23/h8-10,13H,4-7,11-12,14H2,1-3H3,(H2,20,21)(H,22,24). The molecule has 1 saturated heterocycles. The molecule has 0 spiro atoms. The van der Waals surface area contributed by atoms with Crippen LogP contribution < -0.4 is 11.1 Å². The Morgan fingerprint density at radius 1 is 1.21 bits per heavy atom. The summed E-state index contributed by atoms with van der Waals surface area (Å²) in [4.78, 5) is 18.9. The molecule has 1 aliphatic heterocycles. The fraction of sp³-hybridized carbons (Fsp3) is 0.579. The van der Waals surface area contributed by atoms with E-state index in [4.69, 9.17) is 5.73 Å². The smallest absolute Gasteiger partial charge is 0.251 e. The van der Waals surface area contributed by atoms with Gasteiger partial charge in [0.05, 0.1) is 6.54 Å². The zero-order valence-corrected chi connectivity index (χ0v) is 15.1. The van der Waals surface area contributed by atoms with E-state index in [0.717, 1.165) is 18.7 Å². The number of rotatable bonds is 3. The van der Waals surface area contributed by atoms with E-state index >= 15 is 0 Å². The van der Waals surface area contributed by atoms with Crippen molar-refractivity contribution in [2.24, 2.45) is 10.7 Å². The molecule has 1 aliphatic rings. The van der Waals surface area contributed by atoms with Crippen molar-refractivity contribution in [3.8, 4) is 0 Å². The predicted molar refractivity (Wildman–Crippen MR) is 99.0 cm³/mol. The van der Waals surface area contributed by atoms with Crippen molar-refractivity contribution in [3.05, 3.63) is 35.4 Å². The van der Waals surface area contributed by atoms with E-state index in [0.29, 0.717) is 18.1 Å². The van der Waals surface area contributed by atoms with E-state index < -0.39 is 0 Å². The molecule has 0 bridgehead atoms. The van der Waals surface area contributed by atoms with E-state index in [1.165, 1.54) is 25.7 Å². The Labute approximate surface area is 145 Å². The normalized spacial score (nSPS) is 16.6. The highest BCUT2D eigenvalue weighted by Gasteiger charge is 2.15. The highest BCUT2D eigenvalue weighted by atomic mass is 16.1. The molecular weight excluding hydrogens is 300 g/mol. The second kappa shape index (κ2) is 8.18. The predicted octanol–water partition coefficient (Wildman–Crippen LogP) is 2.91. The summed E-state index contributed by atoms with van der Waals surface area (Å²) in [6.07, 6.45) is 4.90. The Bertz CT molecular complexity index is 581. The van der Waals surface area contributed by atoms with Gasteiger partial charge in [-0.15, -0.1) is 0 Å². The molecule has 5 heteroatoms. The van der Waals surface area contributed by atoms with Gasteiger partial charge in [0.2, 0.25) is 0 Å². The van der Waals surface area contributed by atoms with Crippen molar-refractivity contribution in [2.45, 2.75) is 58.5 Å². The van der Waals surface area contributed by atoms with Crippen LogP contribution in [0.3, 0.4) is 0 Å². The van der Waals surface area contributed by atoms with Crippen LogP contribution in [0.2, 0.25) is 0 Å². The number of nitrogens with two attached hydrogens (primary N) is 1. The van der Waals surface area contributed by atoms with Gasteiger partial charge >= 0.3 is 0 Å². The summed E-state index contributed by atoms with van der Waals surface area (Å²) in [5.41, 5.74) is 7.55. The monoisotopic (exact) mass is 330 g/mol. The molecule has 0 atom stereocenters. The van der Waals surface area contributed by atoms with Crippen LogP contribution in [0.1, 0.15) is 62.4 Å². The van der Waals surface area contributed by atoms with Gasteiger partial charge in [0.15, 0.2) is 5.96 Å². The minimum absolute atomic E-state index is 0.0613. The third-order valence-electron chi connectivity index (χ3n) is 4.03. The maximum Gasteiger partial charge on any atom is 0.251 e. The van der Waals surface area contributed by atoms with Gasteiger partial charge in [-0.1, -0.05) is 25.0 Å². The summed E-state index contributed by atoms with van der Waals surface area (Å²) in [6, 6.07) is 7.59. The van der Waals surface area contributed by atoms with Gasteiger partial charge < -0.3 is 16.0 Å². The van der Waals surface area contributed by atoms with E-state index in [-0.39, 0.29) is 11.4 Å². The Morgan fingerprint density at radius 3 is 2.50 bits per heavy atom. The number of hydrogen-bond acceptors (Lipinski definition) is 2. The molecule has 0 unspecified atom stereocenters. The molecule has 1 aromatic rings. The average molecular weight is 330 g/mol. The molecule has 2 rings (SSSR count). The fourth-order valence-corrected chi connectivity index (χ4v) is 2.80. The molecular formula is C19H30N4O. The van der Waals surface area contributed by atoms with Gasteiger partial charge in [0.1, 0.15) is 0 Å². The SMILES string of the molecule is CC(C)(C)NC(=O)c1cccc(CN=C(N)N2CCCCCC2)c1. The van der Waals surface area contributed by atoms with Crippen LogP contribution >= 0.6 is 0 Å². The number of carbonyl (C=O) groups is 1. The first-order valence-corrected chi connectivity index (χ1v) is 8.81. The largest absolute Gasteiger partial charge is 0.370 e. The third kappa shape index (κ3) is 5.87. The van der Waals surface area contributed by atoms with Crippen LogP contribution in [-0.2, 0) is 6.54 Å². The summed E-state index contributed by atoms with van der Waals surface area (Å²) < 4.78 is 0. The quantitative estimate of drug-likeness (QED) is 0.661. The lowest BCUT2D eigenvalue weighted by Crippen LogP contribution is -2.40. The zero-order valence-electron chi connectivity index (χ0n) is 15.1. The molecule has 1 fully saturated rings. The summed E-state index contributed by atoms with van der Waals surface area (Å²) in [6.45, 7) is 8.40. The topological polar surface area (TPSA) is 70.7 Å². The minimum Gasteiger partial charge on any atom is -0.370 e. The van der Waals surface area contributed by atoms with E-state index in [9.17, 15) is 4.79 Å². The number of aliphatic imine (C=N–C) groups is 1. The third-order valence-corrected chi connectivity index (χ3v) is 4.03. The molecule has 132 valence electrons. The average Bonchev–Trinajstić information content (AvgIpc) is 2.80. The number of nitrogens with one attached hydrogen (secondary N) is 1. The van der Waals surface area contributed by atoms with Gasteiger partial charge in [-0.3, -0.25) is 4.79 Å². The van der Waals surface area contributed by atoms with E-state index in [1.54, 1.807) is 0 Å². The summed E-state index contributed by atoms with van der Waals surface area (Å²) in [5, 5.41) is 2.98. The molecule has 0 saturated carbocycles. The second-order valence-corrected chi connectivity index (χ2v) is 7.48. The van der Waals surface area contributed by atoms with Crippen LogP contribution in [0.4, 0.5) is 0 Å². The molecule has 24 heavy (non-hydrogen) atoms. The molecule has 5 nitrogen and oxygen atoms in total. The maximum atomic E-state index is 12.3. The van der Waals surface area contributed by atoms with Crippen molar-refractivity contribution in [2.75, 3.05) is 13.1 Å². The number of hydrogen-bond donors (Lipinski definition) is 2. The van der Waals surface area contributed by atoms with Gasteiger partial charge in [-0.05, 0) is 51.3 Å². The highest BCUT2D eigenvalue weighted by molar-refractivity contribution is 5.94. The number of nitrogens with zero attached hydrogens (tertiary/aromatic N) is 2. The Balaban J connectivity index is 2.00. The number of carbonyl (C=O) groups excluding carboxylic acids is 1. The zero-order chi connectivity index (χ0) is 17.6. The van der Waals surface area contributed by atoms with Crippen molar-refractivity contribution in [3.63, 3.8) is 0 Å². The van der Waals surface area contributed by atoms with Gasteiger partial charge in [0, 0.05) is 24.2 Å². The van der Waals surface area contributed by atoms with Gasteiger partial charge in [-0.2, -0.15) is 0 Å². The molecule has 1 aromatic carbocycles. The van der Waals surface area contributed by atoms with Gasteiger partial charge in [0.25, 0.3) is 5.91 Å². The highest BCUT2D eigenvalue weighted by Crippen LogP contribution is 2.11. The van der Waals surface area contributed by atoms with E-state index in [1.807, 2.05) is 45.0 Å². The van der Waals surface area contributed by atoms with Crippen molar-refractivity contribution in [1.29, 1.82) is 0 Å². The molecule has 3 N–H and O–H groups in total. The fourth-order valence-electron chi connectivity index (χ4n) is 2.80. The maximum absolute atomic E-state index is 12.3. The second-order valence-electron chi connectivity index (χ2n) is 7.48. The Kier molecular flexibility index (Phi) is 6.23. The number of amides is 1. The van der Waals surface area contributed by atoms with Crippen molar-refractivity contribution in [1.82, 2.24) is 10.2 Å². The van der Waals surface area contributed by atoms with Crippen LogP contribution in [0.25, 0.3) is 0 Å². The van der Waals surface area contributed by atoms with Gasteiger partial charge in [-0.25, -0.2) is 4.99 Å². The summed E-state index contributed by atoms with van der Waals surface area (Å²) in [7, 11) is 0. The summed E-state index contributed by atoms with van der Waals surface area (Å²) >= 11 is 0. The Morgan fingerprint density at radius 2 is 1.88 bits per heavy atom. The van der Waals surface area contributed by atoms with Crippen LogP contribution in [0, 0.1) is 0 Å². The van der Waals surface area contributed by atoms with Crippen LogP contribution in [0.5, 0.6) is 0 Å². The first-order chi connectivity index (χ1) is 11.3.